The SMILES string of the molecule is CC(C)CNCC(C)N1CCCOc2ccccc21. The zero-order valence-electron chi connectivity index (χ0n) is 12.4. The Morgan fingerprint density at radius 3 is 2.79 bits per heavy atom. The molecule has 0 saturated heterocycles. The lowest BCUT2D eigenvalue weighted by Gasteiger charge is -2.31. The first-order valence-electron chi connectivity index (χ1n) is 7.37. The van der Waals surface area contributed by atoms with Crippen molar-refractivity contribution in [1.29, 1.82) is 0 Å². The zero-order chi connectivity index (χ0) is 13.7. The average Bonchev–Trinajstić information content (AvgIpc) is 2.60. The fraction of sp³-hybridized carbons (Fsp3) is 0.625. The lowest BCUT2D eigenvalue weighted by atomic mass is 10.2. The van der Waals surface area contributed by atoms with E-state index in [1.807, 2.05) is 6.07 Å². The van der Waals surface area contributed by atoms with E-state index in [4.69, 9.17) is 4.74 Å². The van der Waals surface area contributed by atoms with Crippen LogP contribution in [0.5, 0.6) is 5.75 Å². The largest absolute Gasteiger partial charge is 0.491 e. The molecule has 1 aliphatic heterocycles. The molecule has 0 radical (unpaired) electrons. The Kier molecular flexibility index (Phi) is 5.08. The number of hydrogen-bond donors (Lipinski definition) is 1. The molecule has 1 atom stereocenters. The summed E-state index contributed by atoms with van der Waals surface area (Å²) in [6.45, 7) is 10.8. The molecule has 0 spiro atoms. The van der Waals surface area contributed by atoms with Gasteiger partial charge in [-0.25, -0.2) is 0 Å². The highest BCUT2D eigenvalue weighted by Crippen LogP contribution is 2.31. The first-order valence-corrected chi connectivity index (χ1v) is 7.37. The molecule has 0 bridgehead atoms. The van der Waals surface area contributed by atoms with Gasteiger partial charge in [-0.3, -0.25) is 0 Å². The third-order valence-corrected chi connectivity index (χ3v) is 3.50. The normalized spacial score (nSPS) is 16.7. The molecule has 3 nitrogen and oxygen atoms in total. The summed E-state index contributed by atoms with van der Waals surface area (Å²) in [7, 11) is 0. The number of fused-ring (bicyclic) bond motifs is 1. The van der Waals surface area contributed by atoms with E-state index in [1.165, 1.54) is 5.69 Å². The highest BCUT2D eigenvalue weighted by Gasteiger charge is 2.20. The fourth-order valence-corrected chi connectivity index (χ4v) is 2.50. The van der Waals surface area contributed by atoms with Gasteiger partial charge in [0.15, 0.2) is 0 Å². The first-order chi connectivity index (χ1) is 9.18. The Labute approximate surface area is 116 Å². The minimum atomic E-state index is 0.488. The van der Waals surface area contributed by atoms with Gasteiger partial charge in [0.25, 0.3) is 0 Å². The van der Waals surface area contributed by atoms with Crippen molar-refractivity contribution in [2.24, 2.45) is 5.92 Å². The molecule has 106 valence electrons. The van der Waals surface area contributed by atoms with Gasteiger partial charge in [0.2, 0.25) is 0 Å². The summed E-state index contributed by atoms with van der Waals surface area (Å²) in [5, 5.41) is 3.55. The fourth-order valence-electron chi connectivity index (χ4n) is 2.50. The lowest BCUT2D eigenvalue weighted by molar-refractivity contribution is 0.322. The number of nitrogens with zero attached hydrogens (tertiary/aromatic N) is 1. The van der Waals surface area contributed by atoms with Crippen molar-refractivity contribution >= 4 is 5.69 Å². The van der Waals surface area contributed by atoms with E-state index >= 15 is 0 Å². The molecule has 0 saturated carbocycles. The number of nitrogens with one attached hydrogen (secondary N) is 1. The average molecular weight is 262 g/mol. The quantitative estimate of drug-likeness (QED) is 0.883. The maximum absolute atomic E-state index is 5.81. The molecule has 1 aromatic carbocycles. The first kappa shape index (κ1) is 14.2. The van der Waals surface area contributed by atoms with Gasteiger partial charge in [-0.2, -0.15) is 0 Å². The van der Waals surface area contributed by atoms with Gasteiger partial charge < -0.3 is 15.0 Å². The Morgan fingerprint density at radius 1 is 1.21 bits per heavy atom. The predicted octanol–water partition coefficient (Wildman–Crippen LogP) is 2.91. The zero-order valence-corrected chi connectivity index (χ0v) is 12.4. The molecule has 0 fully saturated rings. The number of hydrogen-bond acceptors (Lipinski definition) is 3. The number of ether oxygens (including phenoxy) is 1. The molecule has 2 rings (SSSR count). The Hall–Kier alpha value is -1.22. The number of para-hydroxylation sites is 2. The van der Waals surface area contributed by atoms with Crippen molar-refractivity contribution < 1.29 is 4.74 Å². The van der Waals surface area contributed by atoms with Crippen LogP contribution in [0.1, 0.15) is 27.2 Å². The molecule has 3 heteroatoms. The lowest BCUT2D eigenvalue weighted by Crippen LogP contribution is -2.41. The van der Waals surface area contributed by atoms with E-state index in [0.717, 1.165) is 38.4 Å². The van der Waals surface area contributed by atoms with E-state index in [2.05, 4.69) is 49.2 Å². The summed E-state index contributed by atoms with van der Waals surface area (Å²) >= 11 is 0. The standard InChI is InChI=1S/C16H26N2O/c1-13(2)11-17-12-14(3)18-9-6-10-19-16-8-5-4-7-15(16)18/h4-5,7-8,13-14,17H,6,9-12H2,1-3H3. The van der Waals surface area contributed by atoms with Gasteiger partial charge in [-0.1, -0.05) is 26.0 Å². The van der Waals surface area contributed by atoms with E-state index in [0.29, 0.717) is 12.0 Å². The molecule has 1 N–H and O–H groups in total. The van der Waals surface area contributed by atoms with Crippen LogP contribution in [0, 0.1) is 5.92 Å². The minimum absolute atomic E-state index is 0.488. The van der Waals surface area contributed by atoms with Gasteiger partial charge in [0.1, 0.15) is 5.75 Å². The van der Waals surface area contributed by atoms with Crippen LogP contribution in [0.2, 0.25) is 0 Å². The van der Waals surface area contributed by atoms with Gasteiger partial charge >= 0.3 is 0 Å². The van der Waals surface area contributed by atoms with Crippen LogP contribution < -0.4 is 15.0 Å². The summed E-state index contributed by atoms with van der Waals surface area (Å²) in [6.07, 6.45) is 1.09. The van der Waals surface area contributed by atoms with Gasteiger partial charge in [0.05, 0.1) is 12.3 Å². The molecule has 1 heterocycles. The van der Waals surface area contributed by atoms with Crippen LogP contribution >= 0.6 is 0 Å². The number of benzene rings is 1. The summed E-state index contributed by atoms with van der Waals surface area (Å²) in [5.74, 6) is 1.72. The third kappa shape index (κ3) is 3.87. The molecule has 19 heavy (non-hydrogen) atoms. The molecular formula is C16H26N2O. The van der Waals surface area contributed by atoms with Crippen LogP contribution in [-0.4, -0.2) is 32.3 Å². The monoisotopic (exact) mass is 262 g/mol. The summed E-state index contributed by atoms with van der Waals surface area (Å²) in [5.41, 5.74) is 1.24. The molecule has 0 aliphatic carbocycles. The number of rotatable bonds is 5. The third-order valence-electron chi connectivity index (χ3n) is 3.50. The molecule has 1 aliphatic rings. The van der Waals surface area contributed by atoms with E-state index in [1.54, 1.807) is 0 Å². The Balaban J connectivity index is 2.02. The van der Waals surface area contributed by atoms with Crippen molar-refractivity contribution in [3.8, 4) is 5.75 Å². The van der Waals surface area contributed by atoms with Crippen molar-refractivity contribution in [3.05, 3.63) is 24.3 Å². The van der Waals surface area contributed by atoms with Crippen molar-refractivity contribution in [3.63, 3.8) is 0 Å². The second kappa shape index (κ2) is 6.80. The molecule has 0 aromatic heterocycles. The Morgan fingerprint density at radius 2 is 2.00 bits per heavy atom. The summed E-state index contributed by atoms with van der Waals surface area (Å²) in [4.78, 5) is 2.47. The van der Waals surface area contributed by atoms with Gasteiger partial charge in [-0.15, -0.1) is 0 Å². The minimum Gasteiger partial charge on any atom is -0.491 e. The van der Waals surface area contributed by atoms with Crippen molar-refractivity contribution in [2.45, 2.75) is 33.2 Å². The molecule has 1 aromatic rings. The smallest absolute Gasteiger partial charge is 0.142 e. The number of anilines is 1. The van der Waals surface area contributed by atoms with Crippen LogP contribution in [0.25, 0.3) is 0 Å². The van der Waals surface area contributed by atoms with Gasteiger partial charge in [-0.05, 0) is 37.9 Å². The Bertz CT molecular complexity index is 392. The maximum Gasteiger partial charge on any atom is 0.142 e. The predicted molar refractivity (Wildman–Crippen MR) is 81.1 cm³/mol. The van der Waals surface area contributed by atoms with E-state index in [-0.39, 0.29) is 0 Å². The van der Waals surface area contributed by atoms with Gasteiger partial charge in [0, 0.05) is 19.1 Å². The van der Waals surface area contributed by atoms with E-state index in [9.17, 15) is 0 Å². The molecule has 0 amide bonds. The van der Waals surface area contributed by atoms with Crippen molar-refractivity contribution in [1.82, 2.24) is 5.32 Å². The maximum atomic E-state index is 5.81. The van der Waals surface area contributed by atoms with Crippen molar-refractivity contribution in [2.75, 3.05) is 31.1 Å². The van der Waals surface area contributed by atoms with Crippen LogP contribution in [0.4, 0.5) is 5.69 Å². The van der Waals surface area contributed by atoms with Crippen LogP contribution in [0.15, 0.2) is 24.3 Å². The second-order valence-corrected chi connectivity index (χ2v) is 5.76. The second-order valence-electron chi connectivity index (χ2n) is 5.76. The highest BCUT2D eigenvalue weighted by molar-refractivity contribution is 5.59. The van der Waals surface area contributed by atoms with E-state index < -0.39 is 0 Å². The molecular weight excluding hydrogens is 236 g/mol. The van der Waals surface area contributed by atoms with Crippen LogP contribution in [-0.2, 0) is 0 Å². The topological polar surface area (TPSA) is 24.5 Å². The highest BCUT2D eigenvalue weighted by atomic mass is 16.5. The summed E-state index contributed by atoms with van der Waals surface area (Å²) < 4.78 is 5.81. The summed E-state index contributed by atoms with van der Waals surface area (Å²) in [6, 6.07) is 8.86. The van der Waals surface area contributed by atoms with Crippen LogP contribution in [0.3, 0.4) is 0 Å². The molecule has 1 unspecified atom stereocenters.